The van der Waals surface area contributed by atoms with Crippen molar-refractivity contribution in [2.75, 3.05) is 0 Å². The van der Waals surface area contributed by atoms with Crippen LogP contribution in [0, 0.1) is 25.0 Å². The number of rotatable bonds is 6. The van der Waals surface area contributed by atoms with Gasteiger partial charge in [0, 0.05) is 25.7 Å². The Hall–Kier alpha value is -2.70. The van der Waals surface area contributed by atoms with Crippen LogP contribution in [0.25, 0.3) is 11.6 Å². The van der Waals surface area contributed by atoms with Crippen molar-refractivity contribution in [3.05, 3.63) is 102 Å². The average molecular weight is 561 g/mol. The summed E-state index contributed by atoms with van der Waals surface area (Å²) in [6, 6.07) is 21.7. The molecule has 3 rings (SSSR count). The van der Waals surface area contributed by atoms with E-state index in [2.05, 4.69) is 44.6 Å². The minimum Gasteiger partial charge on any atom is -0.488 e. The van der Waals surface area contributed by atoms with Crippen LogP contribution in [-0.4, -0.2) is 4.92 Å². The first-order chi connectivity index (χ1) is 14.0. The smallest absolute Gasteiger partial charge is 0.269 e. The second kappa shape index (κ2) is 9.67. The molecule has 0 fully saturated rings. The quantitative estimate of drug-likeness (QED) is 0.112. The van der Waals surface area contributed by atoms with Crippen molar-refractivity contribution in [2.45, 2.75) is 6.61 Å². The molecule has 29 heavy (non-hydrogen) atoms. The first-order valence-electron chi connectivity index (χ1n) is 8.49. The molecule has 3 aromatic rings. The monoisotopic (exact) mass is 560 g/mol. The van der Waals surface area contributed by atoms with Gasteiger partial charge in [0.05, 0.1) is 16.6 Å². The molecule has 0 bridgehead atoms. The lowest BCUT2D eigenvalue weighted by molar-refractivity contribution is -0.384. The van der Waals surface area contributed by atoms with E-state index in [4.69, 9.17) is 4.74 Å². The normalized spacial score (nSPS) is 11.0. The summed E-state index contributed by atoms with van der Waals surface area (Å²) in [7, 11) is 0. The molecule has 0 heterocycles. The van der Waals surface area contributed by atoms with Crippen molar-refractivity contribution < 1.29 is 9.66 Å². The maximum absolute atomic E-state index is 10.8. The van der Waals surface area contributed by atoms with Crippen LogP contribution >= 0.6 is 38.5 Å². The Morgan fingerprint density at radius 2 is 1.83 bits per heavy atom. The Bertz CT molecular complexity index is 1100. The number of halogens is 2. The summed E-state index contributed by atoms with van der Waals surface area (Å²) in [5.41, 5.74) is 2.74. The predicted molar refractivity (Wildman–Crippen MR) is 124 cm³/mol. The topological polar surface area (TPSA) is 76.2 Å². The lowest BCUT2D eigenvalue weighted by Gasteiger charge is -2.11. The van der Waals surface area contributed by atoms with E-state index >= 15 is 0 Å². The lowest BCUT2D eigenvalue weighted by atomic mass is 10.0. The van der Waals surface area contributed by atoms with Gasteiger partial charge in [0.15, 0.2) is 0 Å². The molecule has 5 nitrogen and oxygen atoms in total. The van der Waals surface area contributed by atoms with Crippen LogP contribution in [0.4, 0.5) is 5.69 Å². The van der Waals surface area contributed by atoms with E-state index in [1.165, 1.54) is 12.1 Å². The van der Waals surface area contributed by atoms with Crippen LogP contribution < -0.4 is 4.74 Å². The fourth-order valence-electron chi connectivity index (χ4n) is 2.60. The second-order valence-corrected chi connectivity index (χ2v) is 8.23. The number of hydrogen-bond donors (Lipinski definition) is 0. The van der Waals surface area contributed by atoms with Gasteiger partial charge in [0.25, 0.3) is 5.69 Å². The number of nitriles is 1. The summed E-state index contributed by atoms with van der Waals surface area (Å²) in [5, 5.41) is 20.4. The number of nitrogens with zero attached hydrogens (tertiary/aromatic N) is 2. The Morgan fingerprint density at radius 1 is 1.14 bits per heavy atom. The van der Waals surface area contributed by atoms with Crippen LogP contribution in [0.1, 0.15) is 16.7 Å². The summed E-state index contributed by atoms with van der Waals surface area (Å²) in [6.07, 6.45) is 1.72. The molecular formula is C22H14BrIN2O3. The lowest BCUT2D eigenvalue weighted by Crippen LogP contribution is -1.97. The molecule has 0 aliphatic carbocycles. The van der Waals surface area contributed by atoms with Gasteiger partial charge in [0.2, 0.25) is 0 Å². The van der Waals surface area contributed by atoms with E-state index in [1.54, 1.807) is 18.2 Å². The SMILES string of the molecule is N#C/C(=C/c1cc(Br)ccc1OCc1ccc(I)cc1)c1ccc([N+](=O)[O-])cc1. The zero-order valence-electron chi connectivity index (χ0n) is 15.0. The largest absolute Gasteiger partial charge is 0.488 e. The molecule has 0 spiro atoms. The highest BCUT2D eigenvalue weighted by molar-refractivity contribution is 14.1. The molecule has 0 N–H and O–H groups in total. The Kier molecular flexibility index (Phi) is 7.01. The summed E-state index contributed by atoms with van der Waals surface area (Å²) in [5.74, 6) is 0.640. The molecule has 0 saturated heterocycles. The fourth-order valence-corrected chi connectivity index (χ4v) is 3.34. The van der Waals surface area contributed by atoms with Crippen LogP contribution in [0.3, 0.4) is 0 Å². The molecule has 0 unspecified atom stereocenters. The molecule has 144 valence electrons. The maximum Gasteiger partial charge on any atom is 0.269 e. The van der Waals surface area contributed by atoms with Gasteiger partial charge in [0.1, 0.15) is 12.4 Å². The van der Waals surface area contributed by atoms with E-state index in [-0.39, 0.29) is 5.69 Å². The zero-order valence-corrected chi connectivity index (χ0v) is 18.8. The highest BCUT2D eigenvalue weighted by Crippen LogP contribution is 2.29. The second-order valence-electron chi connectivity index (χ2n) is 6.07. The van der Waals surface area contributed by atoms with Crippen molar-refractivity contribution in [2.24, 2.45) is 0 Å². The molecule has 0 atom stereocenters. The molecule has 0 aliphatic heterocycles. The summed E-state index contributed by atoms with van der Waals surface area (Å²) in [6.45, 7) is 0.402. The Labute approximate surface area is 190 Å². The van der Waals surface area contributed by atoms with Crippen LogP contribution in [-0.2, 0) is 6.61 Å². The van der Waals surface area contributed by atoms with Crippen LogP contribution in [0.5, 0.6) is 5.75 Å². The van der Waals surface area contributed by atoms with Gasteiger partial charge >= 0.3 is 0 Å². The third kappa shape index (κ3) is 5.65. The number of allylic oxidation sites excluding steroid dienone is 1. The van der Waals surface area contributed by atoms with Crippen molar-refractivity contribution in [3.63, 3.8) is 0 Å². The number of nitro benzene ring substituents is 1. The minimum atomic E-state index is -0.468. The summed E-state index contributed by atoms with van der Waals surface area (Å²) >= 11 is 5.70. The molecule has 0 saturated carbocycles. The molecule has 0 aliphatic rings. The summed E-state index contributed by atoms with van der Waals surface area (Å²) < 4.78 is 7.99. The van der Waals surface area contributed by atoms with Gasteiger partial charge in [-0.15, -0.1) is 0 Å². The number of ether oxygens (including phenoxy) is 1. The standard InChI is InChI=1S/C22H14BrIN2O3/c23-19-5-10-22(29-14-15-1-6-20(24)7-2-15)17(12-19)11-18(13-25)16-3-8-21(9-4-16)26(27)28/h1-12H,14H2/b18-11-. The Morgan fingerprint density at radius 3 is 2.45 bits per heavy atom. The van der Waals surface area contributed by atoms with Crippen molar-refractivity contribution in [1.29, 1.82) is 5.26 Å². The molecule has 3 aromatic carbocycles. The molecule has 0 radical (unpaired) electrons. The van der Waals surface area contributed by atoms with Crippen LogP contribution in [0.2, 0.25) is 0 Å². The van der Waals surface area contributed by atoms with Gasteiger partial charge in [-0.25, -0.2) is 0 Å². The third-order valence-electron chi connectivity index (χ3n) is 4.09. The maximum atomic E-state index is 10.8. The van der Waals surface area contributed by atoms with Gasteiger partial charge < -0.3 is 4.74 Å². The number of benzene rings is 3. The average Bonchev–Trinajstić information content (AvgIpc) is 2.72. The van der Waals surface area contributed by atoms with E-state index in [1.807, 2.05) is 42.5 Å². The van der Waals surface area contributed by atoms with Gasteiger partial charge in [-0.05, 0) is 82.3 Å². The molecule has 7 heteroatoms. The number of nitro groups is 1. The molecular weight excluding hydrogens is 547 g/mol. The minimum absolute atomic E-state index is 0.0185. The highest BCUT2D eigenvalue weighted by atomic mass is 127. The van der Waals surface area contributed by atoms with E-state index in [0.29, 0.717) is 23.5 Å². The fraction of sp³-hybridized carbons (Fsp3) is 0.0455. The number of hydrogen-bond acceptors (Lipinski definition) is 4. The first kappa shape index (κ1) is 21.0. The first-order valence-corrected chi connectivity index (χ1v) is 10.4. The van der Waals surface area contributed by atoms with Gasteiger partial charge in [-0.1, -0.05) is 28.1 Å². The third-order valence-corrected chi connectivity index (χ3v) is 5.30. The van der Waals surface area contributed by atoms with E-state index in [0.717, 1.165) is 19.2 Å². The van der Waals surface area contributed by atoms with E-state index < -0.39 is 4.92 Å². The van der Waals surface area contributed by atoms with Crippen LogP contribution in [0.15, 0.2) is 71.2 Å². The molecule has 0 aromatic heterocycles. The zero-order chi connectivity index (χ0) is 20.8. The van der Waals surface area contributed by atoms with Crippen molar-refractivity contribution >= 4 is 55.9 Å². The van der Waals surface area contributed by atoms with Crippen molar-refractivity contribution in [1.82, 2.24) is 0 Å². The molecule has 0 amide bonds. The number of non-ortho nitro benzene ring substituents is 1. The van der Waals surface area contributed by atoms with Gasteiger partial charge in [-0.2, -0.15) is 5.26 Å². The van der Waals surface area contributed by atoms with Gasteiger partial charge in [-0.3, -0.25) is 10.1 Å². The summed E-state index contributed by atoms with van der Waals surface area (Å²) in [4.78, 5) is 10.4. The Balaban J connectivity index is 1.89. The van der Waals surface area contributed by atoms with E-state index in [9.17, 15) is 15.4 Å². The highest BCUT2D eigenvalue weighted by Gasteiger charge is 2.09. The van der Waals surface area contributed by atoms with Crippen molar-refractivity contribution in [3.8, 4) is 11.8 Å². The predicted octanol–water partition coefficient (Wildman–Crippen LogP) is 6.61.